The highest BCUT2D eigenvalue weighted by atomic mass is 16.1. The minimum absolute atomic E-state index is 0.0759. The first kappa shape index (κ1) is 10.4. The highest BCUT2D eigenvalue weighted by Crippen LogP contribution is 1.90. The Balaban J connectivity index is 3.45. The summed E-state index contributed by atoms with van der Waals surface area (Å²) in [5.74, 6) is -0.0759. The number of rotatable bonds is 6. The summed E-state index contributed by atoms with van der Waals surface area (Å²) in [7, 11) is 0. The van der Waals surface area contributed by atoms with E-state index in [0.29, 0.717) is 0 Å². The van der Waals surface area contributed by atoms with Crippen LogP contribution >= 0.6 is 0 Å². The molecule has 0 bridgehead atoms. The van der Waals surface area contributed by atoms with Crippen molar-refractivity contribution in [2.75, 3.05) is 13.1 Å². The monoisotopic (exact) mass is 168 g/mol. The van der Waals surface area contributed by atoms with Crippen LogP contribution in [-0.4, -0.2) is 31.0 Å². The topological polar surface area (TPSA) is 75.9 Å². The Morgan fingerprint density at radius 2 is 1.42 bits per heavy atom. The third kappa shape index (κ3) is 6.55. The molecule has 12 heavy (non-hydrogen) atoms. The first-order valence-corrected chi connectivity index (χ1v) is 3.40. The summed E-state index contributed by atoms with van der Waals surface area (Å²) >= 11 is 0. The van der Waals surface area contributed by atoms with Crippen LogP contribution in [0.2, 0.25) is 0 Å². The maximum absolute atomic E-state index is 10.8. The normalized spacial score (nSPS) is 8.00. The molecule has 0 amide bonds. The van der Waals surface area contributed by atoms with Gasteiger partial charge in [-0.15, -0.1) is 0 Å². The average Bonchev–Trinajstić information content (AvgIpc) is 2.06. The van der Waals surface area contributed by atoms with Gasteiger partial charge in [-0.25, -0.2) is 19.6 Å². The zero-order valence-corrected chi connectivity index (χ0v) is 6.45. The number of Topliss-reactive ketones (excluding diaryl/α,β-unsaturated/α-hetero) is 1. The lowest BCUT2D eigenvalue weighted by Gasteiger charge is -1.91. The summed E-state index contributed by atoms with van der Waals surface area (Å²) in [6.45, 7) is 0.320. The van der Waals surface area contributed by atoms with Crippen molar-refractivity contribution in [3.63, 3.8) is 0 Å². The summed E-state index contributed by atoms with van der Waals surface area (Å²) in [6.07, 6.45) is 3.05. The van der Waals surface area contributed by atoms with Crippen molar-refractivity contribution in [2.45, 2.75) is 12.8 Å². The Labute approximate surface area is 69.2 Å². The van der Waals surface area contributed by atoms with Crippen LogP contribution < -0.4 is 0 Å². The summed E-state index contributed by atoms with van der Waals surface area (Å²) in [6, 6.07) is 0. The van der Waals surface area contributed by atoms with Gasteiger partial charge in [0.15, 0.2) is 0 Å². The number of nitrogens with zero attached hydrogens (tertiary/aromatic N) is 2. The lowest BCUT2D eigenvalue weighted by Crippen LogP contribution is -2.01. The van der Waals surface area contributed by atoms with Crippen LogP contribution in [0.1, 0.15) is 12.8 Å². The number of isocyanates is 2. The van der Waals surface area contributed by atoms with Crippen LogP contribution in [0.5, 0.6) is 0 Å². The molecule has 64 valence electrons. The molecule has 0 aliphatic rings. The first-order valence-electron chi connectivity index (χ1n) is 3.40. The molecular formula is C7H8N2O3. The minimum atomic E-state index is -0.0759. The molecule has 0 aliphatic heterocycles. The molecule has 0 heterocycles. The number of carbonyl (C=O) groups is 1. The number of hydrogen-bond acceptors (Lipinski definition) is 5. The standard InChI is InChI=1S/C7H8N2O3/c10-5-8-3-1-7(12)2-4-9-6-11/h1-4H2. The van der Waals surface area contributed by atoms with Crippen molar-refractivity contribution in [1.82, 2.24) is 0 Å². The second-order valence-electron chi connectivity index (χ2n) is 1.98. The molecule has 5 heteroatoms. The molecule has 0 aromatic carbocycles. The molecule has 0 unspecified atom stereocenters. The van der Waals surface area contributed by atoms with Gasteiger partial charge in [-0.2, -0.15) is 0 Å². The Morgan fingerprint density at radius 1 is 1.00 bits per heavy atom. The Morgan fingerprint density at radius 3 is 1.75 bits per heavy atom. The van der Waals surface area contributed by atoms with E-state index in [1.165, 1.54) is 12.2 Å². The van der Waals surface area contributed by atoms with E-state index in [1.807, 2.05) is 0 Å². The predicted molar refractivity (Wildman–Crippen MR) is 40.2 cm³/mol. The third-order valence-corrected chi connectivity index (χ3v) is 1.13. The predicted octanol–water partition coefficient (Wildman–Crippen LogP) is 0.00730. The van der Waals surface area contributed by atoms with Crippen LogP contribution in [0.3, 0.4) is 0 Å². The van der Waals surface area contributed by atoms with Crippen molar-refractivity contribution in [1.29, 1.82) is 0 Å². The smallest absolute Gasteiger partial charge is 0.234 e. The zero-order chi connectivity index (χ0) is 9.23. The lowest BCUT2D eigenvalue weighted by molar-refractivity contribution is -0.118. The van der Waals surface area contributed by atoms with Crippen molar-refractivity contribution in [3.8, 4) is 0 Å². The Hall–Kier alpha value is -1.57. The largest absolute Gasteiger partial charge is 0.300 e. The first-order chi connectivity index (χ1) is 5.81. The second-order valence-corrected chi connectivity index (χ2v) is 1.98. The molecule has 5 nitrogen and oxygen atoms in total. The van der Waals surface area contributed by atoms with Gasteiger partial charge in [0, 0.05) is 12.8 Å². The van der Waals surface area contributed by atoms with Crippen molar-refractivity contribution < 1.29 is 14.4 Å². The molecule has 0 aromatic heterocycles. The van der Waals surface area contributed by atoms with Crippen molar-refractivity contribution in [3.05, 3.63) is 0 Å². The number of hydrogen-bond donors (Lipinski definition) is 0. The number of ketones is 1. The fraction of sp³-hybridized carbons (Fsp3) is 0.571. The van der Waals surface area contributed by atoms with Crippen LogP contribution in [0.15, 0.2) is 9.98 Å². The highest BCUT2D eigenvalue weighted by molar-refractivity contribution is 5.78. The van der Waals surface area contributed by atoms with E-state index in [1.54, 1.807) is 0 Å². The molecule has 0 N–H and O–H groups in total. The molecule has 0 radical (unpaired) electrons. The van der Waals surface area contributed by atoms with E-state index < -0.39 is 0 Å². The zero-order valence-electron chi connectivity index (χ0n) is 6.45. The summed E-state index contributed by atoms with van der Waals surface area (Å²) in [4.78, 5) is 36.4. The van der Waals surface area contributed by atoms with Crippen LogP contribution in [0.25, 0.3) is 0 Å². The van der Waals surface area contributed by atoms with Crippen LogP contribution in [0, 0.1) is 0 Å². The SMILES string of the molecule is O=C=NCCC(=O)CCN=C=O. The fourth-order valence-corrected chi connectivity index (χ4v) is 0.577. The third-order valence-electron chi connectivity index (χ3n) is 1.13. The van der Waals surface area contributed by atoms with Gasteiger partial charge in [0.05, 0.1) is 13.1 Å². The van der Waals surface area contributed by atoms with E-state index in [4.69, 9.17) is 0 Å². The Kier molecular flexibility index (Phi) is 6.55. The molecule has 0 atom stereocenters. The quantitative estimate of drug-likeness (QED) is 0.414. The van der Waals surface area contributed by atoms with Gasteiger partial charge in [-0.3, -0.25) is 4.79 Å². The van der Waals surface area contributed by atoms with Gasteiger partial charge in [-0.1, -0.05) is 0 Å². The van der Waals surface area contributed by atoms with Gasteiger partial charge in [0.1, 0.15) is 5.78 Å². The van der Waals surface area contributed by atoms with Crippen LogP contribution in [-0.2, 0) is 14.4 Å². The Bertz CT molecular complexity index is 213. The van der Waals surface area contributed by atoms with E-state index in [0.717, 1.165) is 0 Å². The molecule has 0 aromatic rings. The molecule has 0 saturated heterocycles. The van der Waals surface area contributed by atoms with Gasteiger partial charge < -0.3 is 0 Å². The maximum atomic E-state index is 10.8. The molecule has 0 aliphatic carbocycles. The van der Waals surface area contributed by atoms with E-state index in [2.05, 4.69) is 9.98 Å². The van der Waals surface area contributed by atoms with E-state index in [-0.39, 0.29) is 31.7 Å². The molecular weight excluding hydrogens is 160 g/mol. The minimum Gasteiger partial charge on any atom is -0.300 e. The maximum Gasteiger partial charge on any atom is 0.234 e. The van der Waals surface area contributed by atoms with Crippen molar-refractivity contribution >= 4 is 17.9 Å². The summed E-state index contributed by atoms with van der Waals surface area (Å²) in [5.41, 5.74) is 0. The van der Waals surface area contributed by atoms with Gasteiger partial charge in [0.2, 0.25) is 12.2 Å². The fourth-order valence-electron chi connectivity index (χ4n) is 0.577. The van der Waals surface area contributed by atoms with E-state index in [9.17, 15) is 14.4 Å². The number of carbonyl (C=O) groups excluding carboxylic acids is 3. The second kappa shape index (κ2) is 7.54. The van der Waals surface area contributed by atoms with Gasteiger partial charge in [-0.05, 0) is 0 Å². The lowest BCUT2D eigenvalue weighted by atomic mass is 10.2. The summed E-state index contributed by atoms with van der Waals surface area (Å²) in [5, 5.41) is 0. The van der Waals surface area contributed by atoms with Gasteiger partial charge in [0.25, 0.3) is 0 Å². The van der Waals surface area contributed by atoms with E-state index >= 15 is 0 Å². The molecule has 0 rings (SSSR count). The highest BCUT2D eigenvalue weighted by Gasteiger charge is 1.99. The molecule has 0 fully saturated rings. The molecule has 0 spiro atoms. The van der Waals surface area contributed by atoms with Gasteiger partial charge >= 0.3 is 0 Å². The number of aliphatic imine (C=N–C) groups is 2. The summed E-state index contributed by atoms with van der Waals surface area (Å²) < 4.78 is 0. The molecule has 0 saturated carbocycles. The van der Waals surface area contributed by atoms with Crippen molar-refractivity contribution in [2.24, 2.45) is 9.98 Å². The van der Waals surface area contributed by atoms with Crippen LogP contribution in [0.4, 0.5) is 0 Å². The average molecular weight is 168 g/mol.